The van der Waals surface area contributed by atoms with Crippen molar-refractivity contribution in [2.24, 2.45) is 11.8 Å². The van der Waals surface area contributed by atoms with E-state index in [1.165, 1.54) is 38.5 Å². The lowest BCUT2D eigenvalue weighted by Crippen LogP contribution is -2.42. The van der Waals surface area contributed by atoms with E-state index >= 15 is 0 Å². The van der Waals surface area contributed by atoms with E-state index in [2.05, 4.69) is 19.2 Å². The summed E-state index contributed by atoms with van der Waals surface area (Å²) in [5.41, 5.74) is 1.95. The monoisotopic (exact) mass is 693 g/mol. The predicted octanol–water partition coefficient (Wildman–Crippen LogP) is 10.3. The summed E-state index contributed by atoms with van der Waals surface area (Å²) in [5, 5.41) is 2.68. The Kier molecular flexibility index (Phi) is 23.7. The lowest BCUT2D eigenvalue weighted by molar-refractivity contribution is -0.162. The van der Waals surface area contributed by atoms with Gasteiger partial charge in [-0.15, -0.1) is 0 Å². The van der Waals surface area contributed by atoms with Crippen molar-refractivity contribution in [1.29, 1.82) is 0 Å². The normalized spacial score (nSPS) is 13.7. The van der Waals surface area contributed by atoms with Gasteiger partial charge < -0.3 is 19.5 Å². The molecule has 2 rings (SSSR count). The van der Waals surface area contributed by atoms with Gasteiger partial charge in [-0.05, 0) is 42.7 Å². The van der Waals surface area contributed by atoms with Crippen LogP contribution in [0.5, 0.6) is 0 Å². The largest absolute Gasteiger partial charge is 0.461 e. The van der Waals surface area contributed by atoms with E-state index in [9.17, 15) is 14.4 Å². The number of carbonyl (C=O) groups excluding carboxylic acids is 3. The van der Waals surface area contributed by atoms with Crippen molar-refractivity contribution >= 4 is 18.3 Å². The highest BCUT2D eigenvalue weighted by Gasteiger charge is 2.34. The zero-order valence-electron chi connectivity index (χ0n) is 31.6. The van der Waals surface area contributed by atoms with Crippen LogP contribution in [0.2, 0.25) is 0 Å². The molecule has 280 valence electrons. The minimum absolute atomic E-state index is 0.196. The average Bonchev–Trinajstić information content (AvgIpc) is 3.12. The van der Waals surface area contributed by atoms with Crippen LogP contribution in [0.15, 0.2) is 60.7 Å². The molecule has 7 nitrogen and oxygen atoms in total. The number of nitrogens with one attached hydrogen (secondary N) is 1. The highest BCUT2D eigenvalue weighted by atomic mass is 16.6. The fourth-order valence-corrected chi connectivity index (χ4v) is 6.41. The zero-order chi connectivity index (χ0) is 36.2. The Morgan fingerprint density at radius 2 is 1.18 bits per heavy atom. The first-order chi connectivity index (χ1) is 24.4. The number of hydrogen-bond acceptors (Lipinski definition) is 6. The molecule has 0 aliphatic carbocycles. The van der Waals surface area contributed by atoms with Crippen molar-refractivity contribution in [3.8, 4) is 0 Å². The molecular weight excluding hydrogens is 626 g/mol. The van der Waals surface area contributed by atoms with Crippen LogP contribution in [-0.2, 0) is 41.8 Å². The summed E-state index contributed by atoms with van der Waals surface area (Å²) in [6.45, 7) is 8.98. The van der Waals surface area contributed by atoms with Crippen molar-refractivity contribution in [3.05, 3.63) is 71.8 Å². The molecule has 0 aliphatic rings. The summed E-state index contributed by atoms with van der Waals surface area (Å²) >= 11 is 0. The van der Waals surface area contributed by atoms with Crippen molar-refractivity contribution in [1.82, 2.24) is 5.32 Å². The van der Waals surface area contributed by atoms with Gasteiger partial charge in [0, 0.05) is 6.42 Å². The predicted molar refractivity (Wildman–Crippen MR) is 202 cm³/mol. The Morgan fingerprint density at radius 3 is 1.74 bits per heavy atom. The first-order valence-corrected chi connectivity index (χ1v) is 19.6. The lowest BCUT2D eigenvalue weighted by atomic mass is 9.90. The van der Waals surface area contributed by atoms with Crippen LogP contribution in [0, 0.1) is 11.8 Å². The van der Waals surface area contributed by atoms with Gasteiger partial charge in [0.25, 0.3) is 0 Å². The van der Waals surface area contributed by atoms with Crippen LogP contribution in [0.3, 0.4) is 0 Å². The number of unbranched alkanes of at least 4 members (excludes halogenated alkanes) is 11. The van der Waals surface area contributed by atoms with E-state index in [0.717, 1.165) is 56.1 Å². The third kappa shape index (κ3) is 19.3. The van der Waals surface area contributed by atoms with Crippen LogP contribution in [0.4, 0.5) is 0 Å². The number of ether oxygens (including phenoxy) is 3. The van der Waals surface area contributed by atoms with Gasteiger partial charge in [-0.25, -0.2) is 4.79 Å². The molecule has 1 N–H and O–H groups in total. The summed E-state index contributed by atoms with van der Waals surface area (Å²) < 4.78 is 18.8. The summed E-state index contributed by atoms with van der Waals surface area (Å²) in [6, 6.07) is 19.0. The zero-order valence-corrected chi connectivity index (χ0v) is 31.6. The molecule has 0 saturated carbocycles. The van der Waals surface area contributed by atoms with Gasteiger partial charge in [-0.2, -0.15) is 0 Å². The molecule has 7 heteroatoms. The van der Waals surface area contributed by atoms with E-state index in [1.807, 2.05) is 74.5 Å². The smallest absolute Gasteiger partial charge is 0.328 e. The number of amides is 1. The van der Waals surface area contributed by atoms with Gasteiger partial charge in [0.05, 0.1) is 18.6 Å². The van der Waals surface area contributed by atoms with Crippen molar-refractivity contribution in [2.45, 2.75) is 168 Å². The van der Waals surface area contributed by atoms with Gasteiger partial charge in [0.1, 0.15) is 18.8 Å². The van der Waals surface area contributed by atoms with Gasteiger partial charge >= 0.3 is 11.9 Å². The van der Waals surface area contributed by atoms with E-state index < -0.39 is 30.1 Å². The quantitative estimate of drug-likeness (QED) is 0.0498. The van der Waals surface area contributed by atoms with E-state index in [-0.39, 0.29) is 18.5 Å². The Hall–Kier alpha value is -3.19. The number of hydrogen-bond donors (Lipinski definition) is 1. The van der Waals surface area contributed by atoms with Gasteiger partial charge in [0.15, 0.2) is 0 Å². The van der Waals surface area contributed by atoms with E-state index in [4.69, 9.17) is 14.2 Å². The molecule has 0 aliphatic heterocycles. The van der Waals surface area contributed by atoms with Crippen molar-refractivity contribution in [2.75, 3.05) is 0 Å². The lowest BCUT2D eigenvalue weighted by Gasteiger charge is -2.30. The fourth-order valence-electron chi connectivity index (χ4n) is 6.41. The molecule has 0 aromatic heterocycles. The van der Waals surface area contributed by atoms with E-state index in [0.29, 0.717) is 38.7 Å². The van der Waals surface area contributed by atoms with Crippen LogP contribution >= 0.6 is 0 Å². The van der Waals surface area contributed by atoms with Crippen LogP contribution in [0.1, 0.15) is 148 Å². The maximum absolute atomic E-state index is 13.9. The fraction of sp³-hybridized carbons (Fsp3) is 0.651. The maximum Gasteiger partial charge on any atom is 0.328 e. The minimum atomic E-state index is -0.720. The number of esters is 2. The second-order valence-electron chi connectivity index (χ2n) is 14.3. The Morgan fingerprint density at radius 1 is 0.660 bits per heavy atom. The molecule has 1 amide bonds. The second-order valence-corrected chi connectivity index (χ2v) is 14.3. The first-order valence-electron chi connectivity index (χ1n) is 19.6. The molecule has 2 aromatic carbocycles. The maximum atomic E-state index is 13.9. The molecular formula is C43H67NO6. The highest BCUT2D eigenvalue weighted by molar-refractivity contribution is 5.78. The first kappa shape index (κ1) is 43.0. The van der Waals surface area contributed by atoms with Crippen molar-refractivity contribution in [3.63, 3.8) is 0 Å². The molecule has 0 saturated heterocycles. The van der Waals surface area contributed by atoms with Gasteiger partial charge in [-0.3, -0.25) is 9.59 Å². The average molecular weight is 694 g/mol. The number of benzene rings is 2. The van der Waals surface area contributed by atoms with Crippen LogP contribution in [-0.4, -0.2) is 36.6 Å². The van der Waals surface area contributed by atoms with E-state index in [1.54, 1.807) is 0 Å². The number of rotatable bonds is 30. The molecule has 4 atom stereocenters. The Labute approximate surface area is 303 Å². The van der Waals surface area contributed by atoms with Crippen LogP contribution in [0.25, 0.3) is 0 Å². The molecule has 2 aromatic rings. The summed E-state index contributed by atoms with van der Waals surface area (Å²) in [4.78, 5) is 38.9. The van der Waals surface area contributed by atoms with Crippen molar-refractivity contribution < 1.29 is 28.6 Å². The molecule has 50 heavy (non-hydrogen) atoms. The van der Waals surface area contributed by atoms with Crippen LogP contribution < -0.4 is 5.32 Å². The van der Waals surface area contributed by atoms with Gasteiger partial charge in [0.2, 0.25) is 6.41 Å². The van der Waals surface area contributed by atoms with Gasteiger partial charge in [-0.1, -0.05) is 165 Å². The third-order valence-electron chi connectivity index (χ3n) is 9.32. The molecule has 4 unspecified atom stereocenters. The summed E-state index contributed by atoms with van der Waals surface area (Å²) in [7, 11) is 0. The summed E-state index contributed by atoms with van der Waals surface area (Å²) in [6.07, 6.45) is 16.6. The molecule has 0 bridgehead atoms. The molecule has 0 radical (unpaired) electrons. The second kappa shape index (κ2) is 27.5. The highest BCUT2D eigenvalue weighted by Crippen LogP contribution is 2.27. The molecule has 0 spiro atoms. The summed E-state index contributed by atoms with van der Waals surface area (Å²) in [5.74, 6) is -1.02. The Bertz CT molecular complexity index is 1140. The number of carbonyl (C=O) groups is 3. The SMILES string of the molecule is CCCCCCCCCCCC(CC(OCc1ccccc1)C(CCCCCC)C(=O)OCc1ccccc1)OC(=O)C(CC(C)C)NC=O. The molecule has 0 fully saturated rings. The molecule has 0 heterocycles. The standard InChI is InChI=1S/C43H67NO6/c1-5-7-9-11-12-13-14-15-22-28-38(50-43(47)40(44-34-45)30-35(3)4)31-41(48-32-36-24-18-16-19-25-36)39(29-23-10-8-6-2)42(46)49-33-37-26-20-17-21-27-37/h16-21,24-27,34-35,38-41H,5-15,22-23,28-33H2,1-4H3,(H,44,45). The minimum Gasteiger partial charge on any atom is -0.461 e. The third-order valence-corrected chi connectivity index (χ3v) is 9.32. The topological polar surface area (TPSA) is 90.9 Å². The Balaban J connectivity index is 2.29.